The summed E-state index contributed by atoms with van der Waals surface area (Å²) in [5.74, 6) is 1.27. The molecule has 27 heavy (non-hydrogen) atoms. The van der Waals surface area contributed by atoms with Crippen molar-refractivity contribution in [2.75, 3.05) is 21.3 Å². The molecule has 0 spiro atoms. The first-order chi connectivity index (χ1) is 12.9. The average Bonchev–Trinajstić information content (AvgIpc) is 2.93. The molecular weight excluding hydrogens is 360 g/mol. The summed E-state index contributed by atoms with van der Waals surface area (Å²) in [6.07, 6.45) is 1.82. The molecule has 0 N–H and O–H groups in total. The van der Waals surface area contributed by atoms with Crippen molar-refractivity contribution in [2.24, 2.45) is 4.99 Å². The van der Waals surface area contributed by atoms with Gasteiger partial charge < -0.3 is 9.47 Å². The van der Waals surface area contributed by atoms with Crippen LogP contribution < -0.4 is 9.47 Å². The first-order valence-electron chi connectivity index (χ1n) is 8.48. The normalized spacial score (nSPS) is 17.1. The minimum atomic E-state index is -0.0829. The monoisotopic (exact) mass is 382 g/mol. The van der Waals surface area contributed by atoms with E-state index in [1.54, 1.807) is 32.2 Å². The maximum absolute atomic E-state index is 12.6. The fraction of sp³-hybridized carbons (Fsp3) is 0.238. The first kappa shape index (κ1) is 19.0. The number of aliphatic imine (C=N–C) groups is 1. The second-order valence-electron chi connectivity index (χ2n) is 6.25. The van der Waals surface area contributed by atoms with Crippen molar-refractivity contribution < 1.29 is 14.3 Å². The van der Waals surface area contributed by atoms with Crippen LogP contribution in [0.25, 0.3) is 6.08 Å². The molecule has 1 aliphatic rings. The molecule has 0 atom stereocenters. The van der Waals surface area contributed by atoms with Gasteiger partial charge in [0, 0.05) is 18.7 Å². The number of methoxy groups -OCH3 is 2. The van der Waals surface area contributed by atoms with E-state index >= 15 is 0 Å². The molecule has 2 aromatic carbocycles. The van der Waals surface area contributed by atoms with Gasteiger partial charge in [-0.2, -0.15) is 0 Å². The predicted octanol–water partition coefficient (Wildman–Crippen LogP) is 4.55. The van der Waals surface area contributed by atoms with E-state index in [2.05, 4.69) is 18.8 Å². The highest BCUT2D eigenvalue weighted by molar-refractivity contribution is 8.18. The van der Waals surface area contributed by atoms with Crippen LogP contribution in [0.2, 0.25) is 0 Å². The zero-order chi connectivity index (χ0) is 19.6. The highest BCUT2D eigenvalue weighted by atomic mass is 32.2. The Bertz CT molecular complexity index is 950. The number of ether oxygens (including phenoxy) is 2. The van der Waals surface area contributed by atoms with Crippen molar-refractivity contribution in [1.29, 1.82) is 0 Å². The number of aryl methyl sites for hydroxylation is 2. The highest BCUT2D eigenvalue weighted by Crippen LogP contribution is 2.35. The minimum Gasteiger partial charge on any atom is -0.497 e. The number of hydrogen-bond acceptors (Lipinski definition) is 5. The second-order valence-corrected chi connectivity index (χ2v) is 7.25. The maximum atomic E-state index is 12.6. The van der Waals surface area contributed by atoms with Crippen molar-refractivity contribution in [3.63, 3.8) is 0 Å². The van der Waals surface area contributed by atoms with E-state index < -0.39 is 0 Å². The van der Waals surface area contributed by atoms with Crippen LogP contribution >= 0.6 is 11.8 Å². The topological polar surface area (TPSA) is 51.1 Å². The van der Waals surface area contributed by atoms with Crippen molar-refractivity contribution in [3.8, 4) is 11.5 Å². The highest BCUT2D eigenvalue weighted by Gasteiger charge is 2.30. The summed E-state index contributed by atoms with van der Waals surface area (Å²) in [6.45, 7) is 4.12. The predicted molar refractivity (Wildman–Crippen MR) is 111 cm³/mol. The molecule has 5 nitrogen and oxygen atoms in total. The molecule has 0 bridgehead atoms. The Labute approximate surface area is 163 Å². The number of rotatable bonds is 4. The summed E-state index contributed by atoms with van der Waals surface area (Å²) >= 11 is 1.36. The van der Waals surface area contributed by atoms with Crippen LogP contribution in [0.1, 0.15) is 16.7 Å². The Balaban J connectivity index is 1.93. The number of likely N-dealkylation sites (N-methyl/N-ethyl adjacent to an activating group) is 1. The summed E-state index contributed by atoms with van der Waals surface area (Å²) < 4.78 is 10.6. The van der Waals surface area contributed by atoms with Crippen LogP contribution in [-0.4, -0.2) is 37.2 Å². The van der Waals surface area contributed by atoms with Gasteiger partial charge in [-0.15, -0.1) is 0 Å². The van der Waals surface area contributed by atoms with E-state index in [0.29, 0.717) is 21.6 Å². The van der Waals surface area contributed by atoms with Gasteiger partial charge >= 0.3 is 0 Å². The van der Waals surface area contributed by atoms with Crippen LogP contribution in [0.3, 0.4) is 0 Å². The van der Waals surface area contributed by atoms with Gasteiger partial charge in [-0.3, -0.25) is 9.69 Å². The lowest BCUT2D eigenvalue weighted by molar-refractivity contribution is -0.121. The molecule has 1 amide bonds. The number of carbonyl (C=O) groups excluding carboxylic acids is 1. The van der Waals surface area contributed by atoms with Crippen LogP contribution in [0.4, 0.5) is 5.69 Å². The van der Waals surface area contributed by atoms with E-state index in [9.17, 15) is 4.79 Å². The van der Waals surface area contributed by atoms with Crippen LogP contribution in [0.15, 0.2) is 46.3 Å². The molecule has 1 aliphatic heterocycles. The number of benzene rings is 2. The molecular formula is C21H22N2O3S. The molecule has 1 heterocycles. The number of carbonyl (C=O) groups is 1. The molecule has 0 saturated carbocycles. The van der Waals surface area contributed by atoms with Gasteiger partial charge in [-0.25, -0.2) is 4.99 Å². The van der Waals surface area contributed by atoms with Gasteiger partial charge in [-0.1, -0.05) is 6.07 Å². The van der Waals surface area contributed by atoms with E-state index in [1.807, 2.05) is 36.4 Å². The number of thioether (sulfide) groups is 1. The standard InChI is InChI=1S/C21H22N2O3S/c1-13-6-8-16(10-14(13)2)22-21-23(3)20(24)19(27-21)11-15-7-9-17(25-4)12-18(15)26-5/h6-12H,1-5H3. The molecule has 1 saturated heterocycles. The first-order valence-corrected chi connectivity index (χ1v) is 9.30. The molecule has 0 aliphatic carbocycles. The zero-order valence-electron chi connectivity index (χ0n) is 16.1. The summed E-state index contributed by atoms with van der Waals surface area (Å²) in [7, 11) is 4.94. The lowest BCUT2D eigenvalue weighted by Gasteiger charge is -2.08. The molecule has 3 rings (SSSR count). The average molecular weight is 382 g/mol. The Morgan fingerprint density at radius 1 is 1.04 bits per heavy atom. The van der Waals surface area contributed by atoms with E-state index in [0.717, 1.165) is 11.3 Å². The molecule has 0 unspecified atom stereocenters. The Morgan fingerprint density at radius 3 is 2.48 bits per heavy atom. The number of hydrogen-bond donors (Lipinski definition) is 0. The van der Waals surface area contributed by atoms with Crippen molar-refractivity contribution in [2.45, 2.75) is 13.8 Å². The molecule has 140 valence electrons. The Hall–Kier alpha value is -2.73. The third-order valence-electron chi connectivity index (χ3n) is 4.45. The van der Waals surface area contributed by atoms with Crippen LogP contribution in [-0.2, 0) is 4.79 Å². The fourth-order valence-electron chi connectivity index (χ4n) is 2.64. The fourth-order valence-corrected chi connectivity index (χ4v) is 3.61. The zero-order valence-corrected chi connectivity index (χ0v) is 16.9. The van der Waals surface area contributed by atoms with Gasteiger partial charge in [-0.05, 0) is 67.1 Å². The SMILES string of the molecule is COc1ccc(C=C2SC(=Nc3ccc(C)c(C)c3)N(C)C2=O)c(OC)c1. The third kappa shape index (κ3) is 4.01. The lowest BCUT2D eigenvalue weighted by atomic mass is 10.1. The second kappa shape index (κ2) is 7.88. The van der Waals surface area contributed by atoms with Crippen LogP contribution in [0.5, 0.6) is 11.5 Å². The quantitative estimate of drug-likeness (QED) is 0.728. The molecule has 0 radical (unpaired) electrons. The van der Waals surface area contributed by atoms with E-state index in [-0.39, 0.29) is 5.91 Å². The van der Waals surface area contributed by atoms with Gasteiger partial charge in [0.1, 0.15) is 11.5 Å². The van der Waals surface area contributed by atoms with E-state index in [4.69, 9.17) is 9.47 Å². The lowest BCUT2D eigenvalue weighted by Crippen LogP contribution is -2.23. The Kier molecular flexibility index (Phi) is 5.56. The molecule has 6 heteroatoms. The van der Waals surface area contributed by atoms with Crippen LogP contribution in [0, 0.1) is 13.8 Å². The van der Waals surface area contributed by atoms with E-state index in [1.165, 1.54) is 22.9 Å². The summed E-state index contributed by atoms with van der Waals surface area (Å²) in [5.41, 5.74) is 4.04. The van der Waals surface area contributed by atoms with Crippen molar-refractivity contribution >= 4 is 34.6 Å². The summed E-state index contributed by atoms with van der Waals surface area (Å²) in [5, 5.41) is 0.655. The smallest absolute Gasteiger partial charge is 0.266 e. The van der Waals surface area contributed by atoms with Gasteiger partial charge in [0.05, 0.1) is 24.8 Å². The van der Waals surface area contributed by atoms with Gasteiger partial charge in [0.2, 0.25) is 0 Å². The molecule has 2 aromatic rings. The Morgan fingerprint density at radius 2 is 1.81 bits per heavy atom. The third-order valence-corrected chi connectivity index (χ3v) is 5.51. The van der Waals surface area contributed by atoms with Crippen molar-refractivity contribution in [3.05, 3.63) is 58.0 Å². The number of amidine groups is 1. The summed E-state index contributed by atoms with van der Waals surface area (Å²) in [4.78, 5) is 19.5. The minimum absolute atomic E-state index is 0.0829. The largest absolute Gasteiger partial charge is 0.497 e. The molecule has 0 aromatic heterocycles. The van der Waals surface area contributed by atoms with Crippen molar-refractivity contribution in [1.82, 2.24) is 4.90 Å². The van der Waals surface area contributed by atoms with Gasteiger partial charge in [0.15, 0.2) is 5.17 Å². The van der Waals surface area contributed by atoms with Gasteiger partial charge in [0.25, 0.3) is 5.91 Å². The number of nitrogens with zero attached hydrogens (tertiary/aromatic N) is 2. The summed E-state index contributed by atoms with van der Waals surface area (Å²) in [6, 6.07) is 11.5. The maximum Gasteiger partial charge on any atom is 0.266 e. The number of amides is 1. The molecule has 1 fully saturated rings.